The molecule has 0 atom stereocenters. The molecule has 0 heterocycles. The highest BCUT2D eigenvalue weighted by atomic mass is 16.2. The van der Waals surface area contributed by atoms with Gasteiger partial charge in [0.05, 0.1) is 0 Å². The quantitative estimate of drug-likeness (QED) is 0.615. The lowest BCUT2D eigenvalue weighted by molar-refractivity contribution is -0.129. The monoisotopic (exact) mass is 347 g/mol. The number of aryl methyl sites for hydroxylation is 1. The van der Waals surface area contributed by atoms with Gasteiger partial charge in [0.15, 0.2) is 0 Å². The summed E-state index contributed by atoms with van der Waals surface area (Å²) in [4.78, 5) is 14.6. The second kappa shape index (κ2) is 8.87. The number of hydrogen-bond acceptors (Lipinski definition) is 3. The number of rotatable bonds is 6. The molecule has 134 valence electrons. The third-order valence-electron chi connectivity index (χ3n) is 4.41. The Hall–Kier alpha value is -3.06. The number of nitrogens with one attached hydrogen (secondary N) is 1. The molecule has 1 amide bonds. The van der Waals surface area contributed by atoms with Crippen LogP contribution in [0.15, 0.2) is 60.3 Å². The van der Waals surface area contributed by atoms with Gasteiger partial charge in [0.1, 0.15) is 11.6 Å². The lowest BCUT2D eigenvalue weighted by atomic mass is 10.1. The fraction of sp³-hybridized carbons (Fsp3) is 0.273. The van der Waals surface area contributed by atoms with Gasteiger partial charge >= 0.3 is 0 Å². The van der Waals surface area contributed by atoms with E-state index in [0.29, 0.717) is 6.54 Å². The molecular formula is C22H25N3O. The average Bonchev–Trinajstić information content (AvgIpc) is 2.64. The van der Waals surface area contributed by atoms with Crippen molar-refractivity contribution < 1.29 is 4.79 Å². The number of benzene rings is 2. The summed E-state index contributed by atoms with van der Waals surface area (Å²) in [5.74, 6) is -0.274. The minimum absolute atomic E-state index is 0.0137. The van der Waals surface area contributed by atoms with Gasteiger partial charge in [-0.3, -0.25) is 4.79 Å². The molecule has 0 bridgehead atoms. The molecule has 4 heteroatoms. The molecule has 0 aliphatic heterocycles. The van der Waals surface area contributed by atoms with E-state index in [-0.39, 0.29) is 17.5 Å². The number of carbonyl (C=O) groups is 1. The maximum Gasteiger partial charge on any atom is 0.266 e. The van der Waals surface area contributed by atoms with Crippen LogP contribution < -0.4 is 5.32 Å². The van der Waals surface area contributed by atoms with Crippen LogP contribution in [0.2, 0.25) is 0 Å². The SMILES string of the molecule is Cc1cccc(N/C=C(/C#N)C(=O)N(Cc2ccccc2)C(C)C)c1C. The van der Waals surface area contributed by atoms with E-state index < -0.39 is 0 Å². The van der Waals surface area contributed by atoms with E-state index in [1.165, 1.54) is 6.20 Å². The lowest BCUT2D eigenvalue weighted by Gasteiger charge is -2.26. The van der Waals surface area contributed by atoms with E-state index >= 15 is 0 Å². The second-order valence-electron chi connectivity index (χ2n) is 6.57. The first-order valence-electron chi connectivity index (χ1n) is 8.72. The van der Waals surface area contributed by atoms with E-state index in [9.17, 15) is 10.1 Å². The van der Waals surface area contributed by atoms with E-state index in [0.717, 1.165) is 22.4 Å². The molecule has 1 N–H and O–H groups in total. The van der Waals surface area contributed by atoms with Crippen LogP contribution >= 0.6 is 0 Å². The van der Waals surface area contributed by atoms with Crippen LogP contribution in [0, 0.1) is 25.2 Å². The summed E-state index contributed by atoms with van der Waals surface area (Å²) in [6.45, 7) is 8.41. The van der Waals surface area contributed by atoms with Gasteiger partial charge in [0.2, 0.25) is 0 Å². The molecule has 2 aromatic carbocycles. The number of nitriles is 1. The minimum atomic E-state index is -0.274. The van der Waals surface area contributed by atoms with Crippen LogP contribution in [0.5, 0.6) is 0 Å². The van der Waals surface area contributed by atoms with Crippen molar-refractivity contribution in [3.05, 3.63) is 77.0 Å². The molecular weight excluding hydrogens is 322 g/mol. The van der Waals surface area contributed by atoms with E-state index in [4.69, 9.17) is 0 Å². The molecule has 0 radical (unpaired) electrons. The highest BCUT2D eigenvalue weighted by Gasteiger charge is 2.21. The third-order valence-corrected chi connectivity index (χ3v) is 4.41. The molecule has 0 unspecified atom stereocenters. The van der Waals surface area contributed by atoms with Crippen molar-refractivity contribution in [1.82, 2.24) is 4.90 Å². The van der Waals surface area contributed by atoms with Gasteiger partial charge in [-0.15, -0.1) is 0 Å². The van der Waals surface area contributed by atoms with Crippen LogP contribution in [-0.4, -0.2) is 16.8 Å². The van der Waals surface area contributed by atoms with Gasteiger partial charge in [-0.25, -0.2) is 0 Å². The van der Waals surface area contributed by atoms with E-state index in [1.54, 1.807) is 4.90 Å². The minimum Gasteiger partial charge on any atom is -0.360 e. The summed E-state index contributed by atoms with van der Waals surface area (Å²) in [6.07, 6.45) is 1.50. The number of nitrogens with zero attached hydrogens (tertiary/aromatic N) is 2. The van der Waals surface area contributed by atoms with Gasteiger partial charge < -0.3 is 10.2 Å². The number of hydrogen-bond donors (Lipinski definition) is 1. The molecule has 0 saturated carbocycles. The average molecular weight is 347 g/mol. The molecule has 0 fully saturated rings. The third kappa shape index (κ3) is 4.73. The normalized spacial score (nSPS) is 11.2. The summed E-state index contributed by atoms with van der Waals surface area (Å²) in [5, 5.41) is 12.6. The molecule has 0 aliphatic carbocycles. The highest BCUT2D eigenvalue weighted by Crippen LogP contribution is 2.19. The molecule has 0 aliphatic rings. The fourth-order valence-electron chi connectivity index (χ4n) is 2.62. The number of amides is 1. The first kappa shape index (κ1) is 19.3. The Morgan fingerprint density at radius 3 is 2.46 bits per heavy atom. The van der Waals surface area contributed by atoms with Crippen LogP contribution in [0.1, 0.15) is 30.5 Å². The van der Waals surface area contributed by atoms with Crippen molar-refractivity contribution in [3.63, 3.8) is 0 Å². The van der Waals surface area contributed by atoms with E-state index in [1.807, 2.05) is 82.3 Å². The van der Waals surface area contributed by atoms with Crippen molar-refractivity contribution in [3.8, 4) is 6.07 Å². The summed E-state index contributed by atoms with van der Waals surface area (Å²) in [6, 6.07) is 17.7. The number of carbonyl (C=O) groups excluding carboxylic acids is 1. The lowest BCUT2D eigenvalue weighted by Crippen LogP contribution is -2.37. The summed E-state index contributed by atoms with van der Waals surface area (Å²) < 4.78 is 0. The Kier molecular flexibility index (Phi) is 6.57. The molecule has 4 nitrogen and oxygen atoms in total. The standard InChI is InChI=1S/C22H25N3O/c1-16(2)25(15-19-10-6-5-7-11-19)22(26)20(13-23)14-24-21-12-8-9-17(3)18(21)4/h5-12,14,16,24H,15H2,1-4H3/b20-14-. The largest absolute Gasteiger partial charge is 0.360 e. The van der Waals surface area contributed by atoms with Crippen molar-refractivity contribution in [2.45, 2.75) is 40.3 Å². The summed E-state index contributed by atoms with van der Waals surface area (Å²) >= 11 is 0. The number of anilines is 1. The zero-order chi connectivity index (χ0) is 19.1. The van der Waals surface area contributed by atoms with Gasteiger partial charge in [0.25, 0.3) is 5.91 Å². The van der Waals surface area contributed by atoms with Crippen molar-refractivity contribution in [1.29, 1.82) is 5.26 Å². The molecule has 2 aromatic rings. The van der Waals surface area contributed by atoms with Gasteiger partial charge in [-0.05, 0) is 50.5 Å². The summed E-state index contributed by atoms with van der Waals surface area (Å²) in [7, 11) is 0. The highest BCUT2D eigenvalue weighted by molar-refractivity contribution is 5.97. The molecule has 26 heavy (non-hydrogen) atoms. The van der Waals surface area contributed by atoms with Crippen LogP contribution in [0.4, 0.5) is 5.69 Å². The fourth-order valence-corrected chi connectivity index (χ4v) is 2.62. The predicted molar refractivity (Wildman–Crippen MR) is 105 cm³/mol. The Morgan fingerprint density at radius 2 is 1.85 bits per heavy atom. The maximum absolute atomic E-state index is 12.9. The molecule has 2 rings (SSSR count). The van der Waals surface area contributed by atoms with Crippen LogP contribution in [0.25, 0.3) is 0 Å². The Balaban J connectivity index is 2.22. The first-order chi connectivity index (χ1) is 12.4. The van der Waals surface area contributed by atoms with E-state index in [2.05, 4.69) is 5.32 Å². The second-order valence-corrected chi connectivity index (χ2v) is 6.57. The molecule has 0 saturated heterocycles. The van der Waals surface area contributed by atoms with Crippen LogP contribution in [-0.2, 0) is 11.3 Å². The van der Waals surface area contributed by atoms with Crippen molar-refractivity contribution in [2.24, 2.45) is 0 Å². The zero-order valence-corrected chi connectivity index (χ0v) is 15.8. The Morgan fingerprint density at radius 1 is 1.15 bits per heavy atom. The Bertz CT molecular complexity index is 832. The topological polar surface area (TPSA) is 56.1 Å². The van der Waals surface area contributed by atoms with Crippen molar-refractivity contribution >= 4 is 11.6 Å². The summed E-state index contributed by atoms with van der Waals surface area (Å²) in [5.41, 5.74) is 4.27. The van der Waals surface area contributed by atoms with Crippen molar-refractivity contribution in [2.75, 3.05) is 5.32 Å². The maximum atomic E-state index is 12.9. The van der Waals surface area contributed by atoms with Gasteiger partial charge in [-0.2, -0.15) is 5.26 Å². The molecule has 0 aromatic heterocycles. The first-order valence-corrected chi connectivity index (χ1v) is 8.72. The predicted octanol–water partition coefficient (Wildman–Crippen LogP) is 4.56. The zero-order valence-electron chi connectivity index (χ0n) is 15.8. The smallest absolute Gasteiger partial charge is 0.266 e. The molecule has 0 spiro atoms. The van der Waals surface area contributed by atoms with Gasteiger partial charge in [0, 0.05) is 24.5 Å². The van der Waals surface area contributed by atoms with Gasteiger partial charge in [-0.1, -0.05) is 42.5 Å². The Labute approximate surface area is 155 Å². The van der Waals surface area contributed by atoms with Crippen LogP contribution in [0.3, 0.4) is 0 Å².